The summed E-state index contributed by atoms with van der Waals surface area (Å²) in [6.45, 7) is 3.73. The molecule has 3 heterocycles. The number of hydrogen-bond donors (Lipinski definition) is 1. The Balaban J connectivity index is 1.64. The topological polar surface area (TPSA) is 58.2 Å². The molecule has 0 bridgehead atoms. The van der Waals surface area contributed by atoms with Crippen LogP contribution >= 0.6 is 22.9 Å². The zero-order valence-corrected chi connectivity index (χ0v) is 16.1. The molecule has 0 radical (unpaired) electrons. The van der Waals surface area contributed by atoms with Gasteiger partial charge in [-0.3, -0.25) is 4.79 Å². The van der Waals surface area contributed by atoms with E-state index in [-0.39, 0.29) is 12.0 Å². The van der Waals surface area contributed by atoms with E-state index in [0.717, 1.165) is 41.1 Å². The molecule has 1 aliphatic heterocycles. The van der Waals surface area contributed by atoms with Gasteiger partial charge in [-0.25, -0.2) is 4.98 Å². The maximum Gasteiger partial charge on any atom is 0.272 e. The van der Waals surface area contributed by atoms with Gasteiger partial charge in [0.15, 0.2) is 0 Å². The number of benzene rings is 1. The number of aryl methyl sites for hydroxylation is 1. The normalized spacial score (nSPS) is 17.1. The van der Waals surface area contributed by atoms with Crippen molar-refractivity contribution < 1.29 is 9.53 Å². The maximum atomic E-state index is 13.3. The second kappa shape index (κ2) is 7.39. The number of fused-ring (bicyclic) bond motifs is 1. The Kier molecular flexibility index (Phi) is 4.98. The Morgan fingerprint density at radius 1 is 1.46 bits per heavy atom. The number of H-pyrrole nitrogens is 1. The van der Waals surface area contributed by atoms with Crippen molar-refractivity contribution in [3.63, 3.8) is 0 Å². The standard InChI is InChI=1S/C19H20ClN3O2S/c1-12-11-26-16(21-12)10-23(9-13-5-4-8-25-13)19(24)18-17(20)14-6-2-3-7-15(14)22-18/h2-3,6-7,11,13,22H,4-5,8-10H2,1H3. The van der Waals surface area contributed by atoms with Gasteiger partial charge in [0.2, 0.25) is 0 Å². The molecule has 1 saturated heterocycles. The van der Waals surface area contributed by atoms with E-state index in [9.17, 15) is 4.79 Å². The van der Waals surface area contributed by atoms with Gasteiger partial charge in [-0.15, -0.1) is 11.3 Å². The second-order valence-corrected chi connectivity index (χ2v) is 7.88. The minimum Gasteiger partial charge on any atom is -0.376 e. The molecule has 1 aromatic carbocycles. The minimum atomic E-state index is -0.116. The Morgan fingerprint density at radius 2 is 2.31 bits per heavy atom. The average Bonchev–Trinajstić information content (AvgIpc) is 3.36. The molecule has 1 N–H and O–H groups in total. The zero-order chi connectivity index (χ0) is 18.1. The fraction of sp³-hybridized carbons (Fsp3) is 0.368. The summed E-state index contributed by atoms with van der Waals surface area (Å²) in [5.41, 5.74) is 2.26. The molecule has 1 unspecified atom stereocenters. The van der Waals surface area contributed by atoms with Crippen LogP contribution in [-0.4, -0.2) is 40.0 Å². The van der Waals surface area contributed by atoms with E-state index in [2.05, 4.69) is 9.97 Å². The largest absolute Gasteiger partial charge is 0.376 e. The van der Waals surface area contributed by atoms with Crippen molar-refractivity contribution in [1.29, 1.82) is 0 Å². The predicted octanol–water partition coefficient (Wildman–Crippen LogP) is 4.41. The number of rotatable bonds is 5. The van der Waals surface area contributed by atoms with Gasteiger partial charge in [0.25, 0.3) is 5.91 Å². The lowest BCUT2D eigenvalue weighted by Crippen LogP contribution is -2.37. The first kappa shape index (κ1) is 17.5. The second-order valence-electron chi connectivity index (χ2n) is 6.56. The van der Waals surface area contributed by atoms with Crippen LogP contribution in [0.15, 0.2) is 29.6 Å². The average molecular weight is 390 g/mol. The first-order valence-corrected chi connectivity index (χ1v) is 9.95. The van der Waals surface area contributed by atoms with E-state index in [0.29, 0.717) is 23.8 Å². The summed E-state index contributed by atoms with van der Waals surface area (Å²) in [6.07, 6.45) is 2.08. The van der Waals surface area contributed by atoms with Gasteiger partial charge in [-0.1, -0.05) is 29.8 Å². The highest BCUT2D eigenvalue weighted by molar-refractivity contribution is 7.09. The lowest BCUT2D eigenvalue weighted by atomic mass is 10.2. The predicted molar refractivity (Wildman–Crippen MR) is 104 cm³/mol. The maximum absolute atomic E-state index is 13.3. The van der Waals surface area contributed by atoms with Crippen molar-refractivity contribution in [2.45, 2.75) is 32.4 Å². The highest BCUT2D eigenvalue weighted by Gasteiger charge is 2.27. The molecule has 1 fully saturated rings. The van der Waals surface area contributed by atoms with Crippen LogP contribution in [0.3, 0.4) is 0 Å². The van der Waals surface area contributed by atoms with E-state index in [1.54, 1.807) is 16.2 Å². The Morgan fingerprint density at radius 3 is 3.00 bits per heavy atom. The van der Waals surface area contributed by atoms with Crippen molar-refractivity contribution in [2.75, 3.05) is 13.2 Å². The SMILES string of the molecule is Cc1csc(CN(CC2CCCO2)C(=O)c2[nH]c3ccccc3c2Cl)n1. The van der Waals surface area contributed by atoms with E-state index < -0.39 is 0 Å². The Labute approximate surface area is 160 Å². The Hall–Kier alpha value is -1.89. The van der Waals surface area contributed by atoms with Crippen molar-refractivity contribution in [1.82, 2.24) is 14.9 Å². The number of aromatic nitrogens is 2. The first-order chi connectivity index (χ1) is 12.6. The van der Waals surface area contributed by atoms with E-state index in [1.165, 1.54) is 0 Å². The third-order valence-electron chi connectivity index (χ3n) is 4.58. The summed E-state index contributed by atoms with van der Waals surface area (Å²) in [5, 5.41) is 4.25. The molecule has 2 aromatic heterocycles. The highest BCUT2D eigenvalue weighted by atomic mass is 35.5. The van der Waals surface area contributed by atoms with Gasteiger partial charge in [0.05, 0.1) is 17.7 Å². The highest BCUT2D eigenvalue weighted by Crippen LogP contribution is 2.29. The summed E-state index contributed by atoms with van der Waals surface area (Å²) >= 11 is 8.07. The van der Waals surface area contributed by atoms with Crippen LogP contribution in [0, 0.1) is 6.92 Å². The number of amides is 1. The molecule has 5 nitrogen and oxygen atoms in total. The van der Waals surface area contributed by atoms with Crippen molar-refractivity contribution in [2.24, 2.45) is 0 Å². The minimum absolute atomic E-state index is 0.0724. The number of aromatic amines is 1. The van der Waals surface area contributed by atoms with Crippen LogP contribution in [0.25, 0.3) is 10.9 Å². The van der Waals surface area contributed by atoms with Crippen molar-refractivity contribution in [3.05, 3.63) is 51.1 Å². The summed E-state index contributed by atoms with van der Waals surface area (Å²) in [5.74, 6) is -0.116. The molecule has 1 atom stereocenters. The van der Waals surface area contributed by atoms with Crippen molar-refractivity contribution >= 4 is 39.7 Å². The molecule has 0 aliphatic carbocycles. The number of para-hydroxylation sites is 1. The van der Waals surface area contributed by atoms with E-state index in [4.69, 9.17) is 16.3 Å². The fourth-order valence-electron chi connectivity index (χ4n) is 3.31. The summed E-state index contributed by atoms with van der Waals surface area (Å²) in [7, 11) is 0. The van der Waals surface area contributed by atoms with Gasteiger partial charge in [-0.2, -0.15) is 0 Å². The van der Waals surface area contributed by atoms with Crippen LogP contribution < -0.4 is 0 Å². The van der Waals surface area contributed by atoms with Crippen LogP contribution in [0.2, 0.25) is 5.02 Å². The fourth-order valence-corrected chi connectivity index (χ4v) is 4.38. The monoisotopic (exact) mass is 389 g/mol. The summed E-state index contributed by atoms with van der Waals surface area (Å²) in [6, 6.07) is 7.68. The van der Waals surface area contributed by atoms with E-state index >= 15 is 0 Å². The zero-order valence-electron chi connectivity index (χ0n) is 14.5. The van der Waals surface area contributed by atoms with Gasteiger partial charge in [0.1, 0.15) is 10.7 Å². The number of carbonyl (C=O) groups excluding carboxylic acids is 1. The molecule has 0 saturated carbocycles. The number of halogens is 1. The molecule has 136 valence electrons. The lowest BCUT2D eigenvalue weighted by Gasteiger charge is -2.24. The molecule has 3 aromatic rings. The number of nitrogens with zero attached hydrogens (tertiary/aromatic N) is 2. The van der Waals surface area contributed by atoms with Gasteiger partial charge in [-0.05, 0) is 25.8 Å². The van der Waals surface area contributed by atoms with Gasteiger partial charge in [0, 0.05) is 35.1 Å². The van der Waals surface area contributed by atoms with Crippen LogP contribution in [0.1, 0.15) is 34.0 Å². The lowest BCUT2D eigenvalue weighted by molar-refractivity contribution is 0.0503. The van der Waals surface area contributed by atoms with Crippen molar-refractivity contribution in [3.8, 4) is 0 Å². The molecule has 1 amide bonds. The molecule has 4 rings (SSSR count). The Bertz CT molecular complexity index is 930. The quantitative estimate of drug-likeness (QED) is 0.703. The molecule has 7 heteroatoms. The molecular weight excluding hydrogens is 370 g/mol. The molecule has 1 aliphatic rings. The summed E-state index contributed by atoms with van der Waals surface area (Å²) in [4.78, 5) is 22.7. The smallest absolute Gasteiger partial charge is 0.272 e. The summed E-state index contributed by atoms with van der Waals surface area (Å²) < 4.78 is 5.75. The molecule has 26 heavy (non-hydrogen) atoms. The number of thiazole rings is 1. The third-order valence-corrected chi connectivity index (χ3v) is 5.93. The molecular formula is C19H20ClN3O2S. The number of nitrogens with one attached hydrogen (secondary N) is 1. The van der Waals surface area contributed by atoms with Gasteiger partial charge >= 0.3 is 0 Å². The third kappa shape index (κ3) is 3.49. The molecule has 0 spiro atoms. The van der Waals surface area contributed by atoms with Crippen LogP contribution in [0.5, 0.6) is 0 Å². The van der Waals surface area contributed by atoms with Crippen LogP contribution in [-0.2, 0) is 11.3 Å². The number of carbonyl (C=O) groups is 1. The number of ether oxygens (including phenoxy) is 1. The first-order valence-electron chi connectivity index (χ1n) is 8.70. The van der Waals surface area contributed by atoms with Crippen LogP contribution in [0.4, 0.5) is 0 Å². The number of hydrogen-bond acceptors (Lipinski definition) is 4. The van der Waals surface area contributed by atoms with Gasteiger partial charge < -0.3 is 14.6 Å². The van der Waals surface area contributed by atoms with E-state index in [1.807, 2.05) is 36.6 Å².